The number of hydrogen-bond donors (Lipinski definition) is 1. The summed E-state index contributed by atoms with van der Waals surface area (Å²) in [7, 11) is 1.35. The molecule has 0 unspecified atom stereocenters. The number of benzene rings is 2. The van der Waals surface area contributed by atoms with Crippen molar-refractivity contribution in [2.75, 3.05) is 12.4 Å². The molecular weight excluding hydrogens is 403 g/mol. The van der Waals surface area contributed by atoms with Crippen LogP contribution in [0.3, 0.4) is 0 Å². The first kappa shape index (κ1) is 19.2. The molecule has 3 aromatic rings. The zero-order chi connectivity index (χ0) is 19.4. The van der Waals surface area contributed by atoms with Crippen LogP contribution in [-0.4, -0.2) is 23.9 Å². The molecule has 0 saturated carbocycles. The summed E-state index contributed by atoms with van der Waals surface area (Å²) in [6, 6.07) is 9.39. The summed E-state index contributed by atoms with van der Waals surface area (Å²) < 4.78 is 39.4. The largest absolute Gasteiger partial charge is 0.493 e. The Bertz CT molecular complexity index is 917. The fourth-order valence-corrected chi connectivity index (χ4v) is 2.80. The Morgan fingerprint density at radius 3 is 2.52 bits per heavy atom. The quantitative estimate of drug-likeness (QED) is 0.566. The zero-order valence-corrected chi connectivity index (χ0v) is 15.4. The standard InChI is InChI=1S/C17H13Cl2F2N3O3/c1-25-14-4-9(2-3-13(14)26-17(20)21)16-23-15(27-24-16)8-22-12-6-10(18)5-11(19)7-12/h2-7,17,22H,8H2,1H3. The van der Waals surface area contributed by atoms with Crippen molar-refractivity contribution >= 4 is 28.9 Å². The monoisotopic (exact) mass is 415 g/mol. The number of methoxy groups -OCH3 is 1. The summed E-state index contributed by atoms with van der Waals surface area (Å²) in [5, 5.41) is 7.93. The van der Waals surface area contributed by atoms with Crippen molar-refractivity contribution in [3.63, 3.8) is 0 Å². The second-order valence-electron chi connectivity index (χ2n) is 5.27. The van der Waals surface area contributed by atoms with Gasteiger partial charge in [0.15, 0.2) is 11.5 Å². The van der Waals surface area contributed by atoms with Crippen molar-refractivity contribution in [2.24, 2.45) is 0 Å². The first-order valence-corrected chi connectivity index (χ1v) is 8.36. The van der Waals surface area contributed by atoms with Crippen molar-refractivity contribution in [3.8, 4) is 22.9 Å². The van der Waals surface area contributed by atoms with Crippen LogP contribution in [0.5, 0.6) is 11.5 Å². The lowest BCUT2D eigenvalue weighted by Crippen LogP contribution is -2.03. The molecule has 6 nitrogen and oxygen atoms in total. The lowest BCUT2D eigenvalue weighted by molar-refractivity contribution is -0.0512. The highest BCUT2D eigenvalue weighted by Gasteiger charge is 2.15. The van der Waals surface area contributed by atoms with Gasteiger partial charge in [0.1, 0.15) is 0 Å². The molecule has 1 N–H and O–H groups in total. The van der Waals surface area contributed by atoms with Gasteiger partial charge in [0.2, 0.25) is 11.7 Å². The number of ether oxygens (including phenoxy) is 2. The Morgan fingerprint density at radius 2 is 1.85 bits per heavy atom. The number of hydrogen-bond acceptors (Lipinski definition) is 6. The molecule has 27 heavy (non-hydrogen) atoms. The number of rotatable bonds is 7. The van der Waals surface area contributed by atoms with Gasteiger partial charge < -0.3 is 19.3 Å². The highest BCUT2D eigenvalue weighted by molar-refractivity contribution is 6.35. The Labute approximate surface area is 163 Å². The van der Waals surface area contributed by atoms with Crippen LogP contribution >= 0.6 is 23.2 Å². The van der Waals surface area contributed by atoms with E-state index < -0.39 is 6.61 Å². The fraction of sp³-hybridized carbons (Fsp3) is 0.176. The maximum Gasteiger partial charge on any atom is 0.387 e. The van der Waals surface area contributed by atoms with E-state index in [1.807, 2.05) is 0 Å². The highest BCUT2D eigenvalue weighted by Crippen LogP contribution is 2.32. The SMILES string of the molecule is COc1cc(-c2noc(CNc3cc(Cl)cc(Cl)c3)n2)ccc1OC(F)F. The maximum atomic E-state index is 12.4. The van der Waals surface area contributed by atoms with Gasteiger partial charge in [-0.25, -0.2) is 0 Å². The van der Waals surface area contributed by atoms with Gasteiger partial charge in [-0.05, 0) is 36.4 Å². The Balaban J connectivity index is 1.73. The Hall–Kier alpha value is -2.58. The molecule has 0 fully saturated rings. The summed E-state index contributed by atoms with van der Waals surface area (Å²) >= 11 is 11.9. The summed E-state index contributed by atoms with van der Waals surface area (Å²) in [6.45, 7) is -2.71. The number of nitrogens with zero attached hydrogens (tertiary/aromatic N) is 2. The van der Waals surface area contributed by atoms with Crippen LogP contribution in [0, 0.1) is 0 Å². The molecule has 0 amide bonds. The first-order chi connectivity index (χ1) is 12.9. The molecule has 0 saturated heterocycles. The van der Waals surface area contributed by atoms with Crippen LogP contribution in [0.25, 0.3) is 11.4 Å². The predicted octanol–water partition coefficient (Wildman–Crippen LogP) is 5.27. The summed E-state index contributed by atoms with van der Waals surface area (Å²) in [6.07, 6.45) is 0. The molecule has 0 aliphatic carbocycles. The van der Waals surface area contributed by atoms with Gasteiger partial charge in [-0.3, -0.25) is 0 Å². The minimum atomic E-state index is -2.95. The summed E-state index contributed by atoms with van der Waals surface area (Å²) in [4.78, 5) is 4.26. The van der Waals surface area contributed by atoms with E-state index in [0.29, 0.717) is 27.2 Å². The molecule has 0 aliphatic heterocycles. The van der Waals surface area contributed by atoms with Crippen molar-refractivity contribution < 1.29 is 22.8 Å². The highest BCUT2D eigenvalue weighted by atomic mass is 35.5. The zero-order valence-electron chi connectivity index (χ0n) is 13.9. The summed E-state index contributed by atoms with van der Waals surface area (Å²) in [5.41, 5.74) is 1.22. The van der Waals surface area contributed by atoms with E-state index in [9.17, 15) is 8.78 Å². The number of nitrogens with one attached hydrogen (secondary N) is 1. The predicted molar refractivity (Wildman–Crippen MR) is 96.7 cm³/mol. The van der Waals surface area contributed by atoms with Gasteiger partial charge in [-0.1, -0.05) is 28.4 Å². The molecule has 0 atom stereocenters. The summed E-state index contributed by atoms with van der Waals surface area (Å²) in [5.74, 6) is 0.635. The average Bonchev–Trinajstić information content (AvgIpc) is 3.08. The van der Waals surface area contributed by atoms with Crippen LogP contribution < -0.4 is 14.8 Å². The van der Waals surface area contributed by atoms with E-state index in [4.69, 9.17) is 32.5 Å². The third-order valence-corrected chi connectivity index (χ3v) is 3.85. The van der Waals surface area contributed by atoms with Crippen LogP contribution in [0.1, 0.15) is 5.89 Å². The fourth-order valence-electron chi connectivity index (χ4n) is 2.28. The van der Waals surface area contributed by atoms with E-state index in [0.717, 1.165) is 0 Å². The molecule has 1 heterocycles. The van der Waals surface area contributed by atoms with Crippen molar-refractivity contribution in [1.29, 1.82) is 0 Å². The molecule has 3 rings (SSSR count). The van der Waals surface area contributed by atoms with E-state index in [2.05, 4.69) is 20.2 Å². The third kappa shape index (κ3) is 4.99. The molecule has 0 radical (unpaired) electrons. The molecule has 1 aromatic heterocycles. The molecule has 0 aliphatic rings. The van der Waals surface area contributed by atoms with Gasteiger partial charge in [0, 0.05) is 21.3 Å². The second kappa shape index (κ2) is 8.41. The minimum absolute atomic E-state index is 0.0838. The average molecular weight is 416 g/mol. The van der Waals surface area contributed by atoms with E-state index in [1.165, 1.54) is 25.3 Å². The molecule has 0 spiro atoms. The molecule has 0 bridgehead atoms. The maximum absolute atomic E-state index is 12.4. The normalized spacial score (nSPS) is 10.9. The minimum Gasteiger partial charge on any atom is -0.493 e. The Kier molecular flexibility index (Phi) is 5.98. The first-order valence-electron chi connectivity index (χ1n) is 7.60. The molecule has 142 valence electrons. The van der Waals surface area contributed by atoms with Crippen molar-refractivity contribution in [1.82, 2.24) is 10.1 Å². The molecule has 10 heteroatoms. The number of anilines is 1. The Morgan fingerprint density at radius 1 is 1.11 bits per heavy atom. The van der Waals surface area contributed by atoms with Crippen LogP contribution in [0.15, 0.2) is 40.9 Å². The lowest BCUT2D eigenvalue weighted by atomic mass is 10.2. The smallest absolute Gasteiger partial charge is 0.387 e. The van der Waals surface area contributed by atoms with Gasteiger partial charge in [0.05, 0.1) is 13.7 Å². The number of alkyl halides is 2. The van der Waals surface area contributed by atoms with Crippen molar-refractivity contribution in [3.05, 3.63) is 52.3 Å². The van der Waals surface area contributed by atoms with Crippen LogP contribution in [0.2, 0.25) is 10.0 Å². The lowest BCUT2D eigenvalue weighted by Gasteiger charge is -2.10. The van der Waals surface area contributed by atoms with Crippen LogP contribution in [-0.2, 0) is 6.54 Å². The third-order valence-electron chi connectivity index (χ3n) is 3.41. The van der Waals surface area contributed by atoms with Crippen LogP contribution in [0.4, 0.5) is 14.5 Å². The van der Waals surface area contributed by atoms with E-state index >= 15 is 0 Å². The van der Waals surface area contributed by atoms with E-state index in [1.54, 1.807) is 18.2 Å². The number of halogens is 4. The van der Waals surface area contributed by atoms with Gasteiger partial charge in [-0.2, -0.15) is 13.8 Å². The number of aromatic nitrogens is 2. The van der Waals surface area contributed by atoms with Gasteiger partial charge in [0.25, 0.3) is 0 Å². The van der Waals surface area contributed by atoms with Gasteiger partial charge in [-0.15, -0.1) is 0 Å². The van der Waals surface area contributed by atoms with Gasteiger partial charge >= 0.3 is 6.61 Å². The molecular formula is C17H13Cl2F2N3O3. The van der Waals surface area contributed by atoms with E-state index in [-0.39, 0.29) is 23.9 Å². The molecule has 2 aromatic carbocycles. The second-order valence-corrected chi connectivity index (χ2v) is 6.14. The van der Waals surface area contributed by atoms with Crippen molar-refractivity contribution in [2.45, 2.75) is 13.2 Å². The topological polar surface area (TPSA) is 69.4 Å².